The molecule has 2 aromatic heterocycles. The number of likely N-dealkylation sites (N-methyl/N-ethyl adjacent to an activating group) is 2. The molecule has 0 spiro atoms. The molecule has 4 rings (SSSR count). The van der Waals surface area contributed by atoms with Crippen molar-refractivity contribution in [2.24, 2.45) is 0 Å². The molecule has 0 saturated carbocycles. The van der Waals surface area contributed by atoms with E-state index in [1.165, 1.54) is 0 Å². The highest BCUT2D eigenvalue weighted by Crippen LogP contribution is 2.28. The summed E-state index contributed by atoms with van der Waals surface area (Å²) in [6.45, 7) is 10.3. The highest BCUT2D eigenvalue weighted by Gasteiger charge is 2.19. The molecular weight excluding hydrogens is 416 g/mol. The van der Waals surface area contributed by atoms with Crippen LogP contribution in [-0.4, -0.2) is 63.4 Å². The Hall–Kier alpha value is -3.65. The largest absolute Gasteiger partial charge is 0.397 e. The van der Waals surface area contributed by atoms with Crippen molar-refractivity contribution in [1.82, 2.24) is 24.8 Å². The third-order valence-electron chi connectivity index (χ3n) is 6.18. The van der Waals surface area contributed by atoms with Gasteiger partial charge in [-0.05, 0) is 44.3 Å². The van der Waals surface area contributed by atoms with Crippen LogP contribution in [0.2, 0.25) is 0 Å². The molecule has 2 aromatic carbocycles. The van der Waals surface area contributed by atoms with Crippen molar-refractivity contribution < 1.29 is 4.79 Å². The van der Waals surface area contributed by atoms with Gasteiger partial charge >= 0.3 is 0 Å². The fourth-order valence-electron chi connectivity index (χ4n) is 4.15. The fourth-order valence-corrected chi connectivity index (χ4v) is 4.15. The first-order chi connectivity index (χ1) is 16.0. The monoisotopic (exact) mass is 446 g/mol. The van der Waals surface area contributed by atoms with Crippen LogP contribution in [0.25, 0.3) is 33.3 Å². The van der Waals surface area contributed by atoms with E-state index in [-0.39, 0.29) is 11.5 Å². The lowest BCUT2D eigenvalue weighted by atomic mass is 10.1. The summed E-state index contributed by atoms with van der Waals surface area (Å²) in [6.07, 6.45) is 0. The maximum Gasteiger partial charge on any atom is 0.261 e. The molecule has 0 saturated heterocycles. The molecule has 8 nitrogen and oxygen atoms in total. The van der Waals surface area contributed by atoms with Crippen molar-refractivity contribution in [1.29, 1.82) is 0 Å². The number of nitrogen functional groups attached to an aromatic ring is 1. The number of imidazole rings is 1. The molecule has 0 radical (unpaired) electrons. The Kier molecular flexibility index (Phi) is 6.46. The Balaban J connectivity index is 1.66. The number of fused-ring (bicyclic) bond motifs is 2. The number of para-hydroxylation sites is 1. The Bertz CT molecular complexity index is 1350. The molecule has 4 N–H and O–H groups in total. The van der Waals surface area contributed by atoms with Crippen molar-refractivity contribution in [2.45, 2.75) is 20.8 Å². The predicted molar refractivity (Wildman–Crippen MR) is 133 cm³/mol. The number of nitrogens with one attached hydrogen (secondary N) is 2. The third kappa shape index (κ3) is 4.34. The fraction of sp³-hybridized carbons (Fsp3) is 0.320. The molecule has 8 heteroatoms. The number of nitrogens with two attached hydrogens (primary N) is 1. The van der Waals surface area contributed by atoms with E-state index in [0.717, 1.165) is 30.5 Å². The van der Waals surface area contributed by atoms with Crippen molar-refractivity contribution in [3.05, 3.63) is 58.4 Å². The second-order valence-electron chi connectivity index (χ2n) is 8.02. The Morgan fingerprint density at radius 1 is 0.970 bits per heavy atom. The number of carbonyl (C=O) groups is 1. The lowest BCUT2D eigenvalue weighted by Crippen LogP contribution is -2.38. The molecule has 0 aliphatic heterocycles. The summed E-state index contributed by atoms with van der Waals surface area (Å²) >= 11 is 0. The lowest BCUT2D eigenvalue weighted by Gasteiger charge is -2.25. The van der Waals surface area contributed by atoms with Gasteiger partial charge in [0.25, 0.3) is 11.5 Å². The topological polar surface area (TPSA) is 111 Å². The number of aromatic nitrogens is 3. The number of carbonyl (C=O) groups excluding carboxylic acids is 1. The molecular formula is C25H30N6O2. The Morgan fingerprint density at radius 3 is 2.45 bits per heavy atom. The highest BCUT2D eigenvalue weighted by molar-refractivity contribution is 5.99. The van der Waals surface area contributed by atoms with Crippen LogP contribution in [0.1, 0.15) is 31.1 Å². The van der Waals surface area contributed by atoms with Gasteiger partial charge in [0.1, 0.15) is 11.4 Å². The Labute approximate surface area is 192 Å². The second-order valence-corrected chi connectivity index (χ2v) is 8.02. The van der Waals surface area contributed by atoms with E-state index in [1.807, 2.05) is 42.2 Å². The summed E-state index contributed by atoms with van der Waals surface area (Å²) in [4.78, 5) is 40.7. The van der Waals surface area contributed by atoms with Crippen molar-refractivity contribution >= 4 is 33.5 Å². The van der Waals surface area contributed by atoms with Gasteiger partial charge in [0, 0.05) is 30.6 Å². The van der Waals surface area contributed by atoms with Crippen LogP contribution in [0.15, 0.2) is 47.3 Å². The Morgan fingerprint density at radius 2 is 1.73 bits per heavy atom. The lowest BCUT2D eigenvalue weighted by molar-refractivity contribution is 0.0747. The summed E-state index contributed by atoms with van der Waals surface area (Å²) in [5, 5.41) is 0.759. The van der Waals surface area contributed by atoms with Crippen molar-refractivity contribution in [3.63, 3.8) is 0 Å². The molecule has 1 amide bonds. The average Bonchev–Trinajstić information content (AvgIpc) is 3.24. The number of nitrogens with zero attached hydrogens (tertiary/aromatic N) is 3. The van der Waals surface area contributed by atoms with E-state index >= 15 is 0 Å². The minimum atomic E-state index is -0.310. The molecule has 0 bridgehead atoms. The van der Waals surface area contributed by atoms with E-state index in [9.17, 15) is 9.59 Å². The van der Waals surface area contributed by atoms with Gasteiger partial charge in [-0.25, -0.2) is 4.98 Å². The predicted octanol–water partition coefficient (Wildman–Crippen LogP) is 3.46. The van der Waals surface area contributed by atoms with Crippen LogP contribution in [-0.2, 0) is 0 Å². The van der Waals surface area contributed by atoms with Gasteiger partial charge in [-0.3, -0.25) is 9.59 Å². The molecule has 0 aliphatic carbocycles. The molecule has 2 heterocycles. The molecule has 0 fully saturated rings. The average molecular weight is 447 g/mol. The summed E-state index contributed by atoms with van der Waals surface area (Å²) in [5.41, 5.74) is 9.31. The SMILES string of the molecule is CCN(CC)CCN(CC)C(=O)c1ccc2[nH]c(-c3c(N)c4ccccc4[nH]c3=O)nc2c1. The first kappa shape index (κ1) is 22.5. The van der Waals surface area contributed by atoms with Gasteiger partial charge in [-0.15, -0.1) is 0 Å². The van der Waals surface area contributed by atoms with Crippen LogP contribution in [0, 0.1) is 0 Å². The van der Waals surface area contributed by atoms with Crippen LogP contribution in [0.4, 0.5) is 5.69 Å². The standard InChI is InChI=1S/C25H30N6O2/c1-4-30(5-2)13-14-31(6-3)25(33)16-11-12-19-20(15-16)28-23(27-19)21-22(26)17-9-7-8-10-18(17)29-24(21)32/h7-12,15H,4-6,13-14H2,1-3H3,(H,27,28)(H3,26,29,32). The van der Waals surface area contributed by atoms with Gasteiger partial charge < -0.3 is 25.5 Å². The maximum absolute atomic E-state index is 13.1. The van der Waals surface area contributed by atoms with Crippen LogP contribution < -0.4 is 11.3 Å². The number of amides is 1. The van der Waals surface area contributed by atoms with E-state index < -0.39 is 0 Å². The number of H-pyrrole nitrogens is 2. The zero-order valence-corrected chi connectivity index (χ0v) is 19.3. The molecule has 0 unspecified atom stereocenters. The van der Waals surface area contributed by atoms with Gasteiger partial charge in [0.15, 0.2) is 0 Å². The number of benzene rings is 2. The number of anilines is 1. The van der Waals surface area contributed by atoms with Gasteiger partial charge in [-0.1, -0.05) is 32.0 Å². The number of pyridine rings is 1. The molecule has 33 heavy (non-hydrogen) atoms. The number of rotatable bonds is 8. The first-order valence-corrected chi connectivity index (χ1v) is 11.4. The summed E-state index contributed by atoms with van der Waals surface area (Å²) in [6, 6.07) is 12.8. The zero-order valence-electron chi connectivity index (χ0n) is 19.3. The van der Waals surface area contributed by atoms with Gasteiger partial charge in [-0.2, -0.15) is 0 Å². The molecule has 4 aromatic rings. The summed E-state index contributed by atoms with van der Waals surface area (Å²) < 4.78 is 0. The normalized spacial score (nSPS) is 11.5. The molecule has 0 atom stereocenters. The number of hydrogen-bond acceptors (Lipinski definition) is 5. The first-order valence-electron chi connectivity index (χ1n) is 11.4. The van der Waals surface area contributed by atoms with Crippen LogP contribution >= 0.6 is 0 Å². The van der Waals surface area contributed by atoms with E-state index in [2.05, 4.69) is 33.7 Å². The van der Waals surface area contributed by atoms with E-state index in [0.29, 0.717) is 46.8 Å². The number of hydrogen-bond donors (Lipinski definition) is 3. The third-order valence-corrected chi connectivity index (χ3v) is 6.18. The minimum absolute atomic E-state index is 0.0285. The smallest absolute Gasteiger partial charge is 0.261 e. The quantitative estimate of drug-likeness (QED) is 0.384. The van der Waals surface area contributed by atoms with Crippen molar-refractivity contribution in [2.75, 3.05) is 38.5 Å². The summed E-state index contributed by atoms with van der Waals surface area (Å²) in [7, 11) is 0. The highest BCUT2D eigenvalue weighted by atomic mass is 16.2. The van der Waals surface area contributed by atoms with E-state index in [1.54, 1.807) is 12.1 Å². The van der Waals surface area contributed by atoms with Crippen LogP contribution in [0.3, 0.4) is 0 Å². The number of aromatic amines is 2. The second kappa shape index (κ2) is 9.46. The van der Waals surface area contributed by atoms with Gasteiger partial charge in [0.2, 0.25) is 0 Å². The minimum Gasteiger partial charge on any atom is -0.397 e. The zero-order chi connectivity index (χ0) is 23.5. The van der Waals surface area contributed by atoms with Gasteiger partial charge in [0.05, 0.1) is 22.2 Å². The summed E-state index contributed by atoms with van der Waals surface area (Å²) in [5.74, 6) is 0.354. The van der Waals surface area contributed by atoms with Crippen molar-refractivity contribution in [3.8, 4) is 11.4 Å². The van der Waals surface area contributed by atoms with Crippen LogP contribution in [0.5, 0.6) is 0 Å². The molecule has 0 aliphatic rings. The molecule has 172 valence electrons. The maximum atomic E-state index is 13.1. The van der Waals surface area contributed by atoms with E-state index in [4.69, 9.17) is 5.73 Å².